The van der Waals surface area contributed by atoms with Gasteiger partial charge in [0, 0.05) is 49.5 Å². The monoisotopic (exact) mass is 476 g/mol. The molecule has 8 heteroatoms. The first kappa shape index (κ1) is 24.6. The number of carbonyl (C=O) groups excluding carboxylic acids is 1. The molecule has 1 aromatic rings. The van der Waals surface area contributed by atoms with E-state index in [1.54, 1.807) is 0 Å². The van der Waals surface area contributed by atoms with Gasteiger partial charge in [-0.1, -0.05) is 38.2 Å². The first-order chi connectivity index (χ1) is 16.1. The lowest BCUT2D eigenvalue weighted by Crippen LogP contribution is -2.46. The molecule has 2 aliphatic carbocycles. The number of amides is 1. The summed E-state index contributed by atoms with van der Waals surface area (Å²) in [6, 6.07) is 8.34. The van der Waals surface area contributed by atoms with Gasteiger partial charge in [-0.3, -0.25) is 14.2 Å². The SMILES string of the molecule is O=C(Nc1cccc(N2CCN(CCCC(CC3CCCCC3)NS(=O)O)CC2)c1)C1CC1. The largest absolute Gasteiger partial charge is 0.369 e. The second-order valence-electron chi connectivity index (χ2n) is 10.1. The Bertz CT molecular complexity index is 790. The first-order valence-corrected chi connectivity index (χ1v) is 13.9. The van der Waals surface area contributed by atoms with Crippen LogP contribution in [0.15, 0.2) is 24.3 Å². The summed E-state index contributed by atoms with van der Waals surface area (Å²) in [4.78, 5) is 17.0. The van der Waals surface area contributed by atoms with Gasteiger partial charge in [-0.25, -0.2) is 8.93 Å². The number of nitrogens with zero attached hydrogens (tertiary/aromatic N) is 2. The van der Waals surface area contributed by atoms with Gasteiger partial charge in [0.2, 0.25) is 17.2 Å². The van der Waals surface area contributed by atoms with E-state index in [1.165, 1.54) is 37.8 Å². The minimum Gasteiger partial charge on any atom is -0.369 e. The highest BCUT2D eigenvalue weighted by Gasteiger charge is 2.29. The van der Waals surface area contributed by atoms with Crippen LogP contribution in [-0.4, -0.2) is 58.3 Å². The van der Waals surface area contributed by atoms with E-state index in [4.69, 9.17) is 0 Å². The van der Waals surface area contributed by atoms with Crippen LogP contribution in [-0.2, 0) is 16.1 Å². The maximum absolute atomic E-state index is 12.1. The Morgan fingerprint density at radius 1 is 1.09 bits per heavy atom. The van der Waals surface area contributed by atoms with E-state index in [2.05, 4.69) is 32.0 Å². The summed E-state index contributed by atoms with van der Waals surface area (Å²) >= 11 is -1.94. The van der Waals surface area contributed by atoms with E-state index in [0.717, 1.165) is 70.5 Å². The minimum absolute atomic E-state index is 0.133. The summed E-state index contributed by atoms with van der Waals surface area (Å²) in [5, 5.41) is 3.05. The van der Waals surface area contributed by atoms with Crippen LogP contribution in [0.1, 0.15) is 64.2 Å². The Hall–Kier alpha value is -1.48. The summed E-state index contributed by atoms with van der Waals surface area (Å²) in [5.41, 5.74) is 2.06. The molecule has 1 heterocycles. The van der Waals surface area contributed by atoms with Crippen LogP contribution in [0.3, 0.4) is 0 Å². The number of anilines is 2. The standard InChI is InChI=1S/C25H40N4O3S/c30-25(21-11-12-21)26-22-8-4-10-24(19-22)29-16-14-28(15-17-29)13-5-9-23(27-33(31)32)18-20-6-2-1-3-7-20/h4,8,10,19-21,23,27H,1-3,5-7,9,11-18H2,(H,26,30)(H,31,32). The average molecular weight is 477 g/mol. The predicted octanol–water partition coefficient (Wildman–Crippen LogP) is 4.00. The van der Waals surface area contributed by atoms with Crippen molar-refractivity contribution in [3.63, 3.8) is 0 Å². The Balaban J connectivity index is 1.18. The van der Waals surface area contributed by atoms with Crippen molar-refractivity contribution in [1.29, 1.82) is 0 Å². The van der Waals surface area contributed by atoms with E-state index in [9.17, 15) is 13.6 Å². The van der Waals surface area contributed by atoms with E-state index >= 15 is 0 Å². The van der Waals surface area contributed by atoms with Crippen LogP contribution >= 0.6 is 0 Å². The van der Waals surface area contributed by atoms with Gasteiger partial charge in [-0.15, -0.1) is 0 Å². The van der Waals surface area contributed by atoms with E-state index in [1.807, 2.05) is 12.1 Å². The van der Waals surface area contributed by atoms with E-state index < -0.39 is 11.3 Å². The number of rotatable bonds is 11. The summed E-state index contributed by atoms with van der Waals surface area (Å²) in [5.74, 6) is 1.07. The fourth-order valence-corrected chi connectivity index (χ4v) is 5.85. The average Bonchev–Trinajstić information content (AvgIpc) is 3.66. The van der Waals surface area contributed by atoms with Crippen molar-refractivity contribution in [2.24, 2.45) is 11.8 Å². The van der Waals surface area contributed by atoms with Gasteiger partial charge in [0.05, 0.1) is 0 Å². The molecule has 0 spiro atoms. The lowest BCUT2D eigenvalue weighted by molar-refractivity contribution is -0.117. The third-order valence-corrected chi connectivity index (χ3v) is 7.97. The number of carbonyl (C=O) groups is 1. The summed E-state index contributed by atoms with van der Waals surface area (Å²) in [6.07, 6.45) is 11.5. The molecule has 2 atom stereocenters. The molecule has 7 nitrogen and oxygen atoms in total. The molecule has 1 amide bonds. The maximum atomic E-state index is 12.1. The Morgan fingerprint density at radius 2 is 1.85 bits per heavy atom. The van der Waals surface area contributed by atoms with Crippen LogP contribution in [0.25, 0.3) is 0 Å². The third kappa shape index (κ3) is 8.05. The first-order valence-electron chi connectivity index (χ1n) is 12.8. The maximum Gasteiger partial charge on any atom is 0.231 e. The van der Waals surface area contributed by atoms with Gasteiger partial charge >= 0.3 is 0 Å². The minimum atomic E-state index is -1.94. The van der Waals surface area contributed by atoms with Crippen molar-refractivity contribution in [1.82, 2.24) is 9.62 Å². The number of benzene rings is 1. The molecular weight excluding hydrogens is 436 g/mol. The number of nitrogens with one attached hydrogen (secondary N) is 2. The highest BCUT2D eigenvalue weighted by molar-refractivity contribution is 7.77. The molecule has 1 aromatic carbocycles. The van der Waals surface area contributed by atoms with Gasteiger partial charge in [0.25, 0.3) is 0 Å². The molecule has 0 radical (unpaired) electrons. The van der Waals surface area contributed by atoms with Crippen LogP contribution in [0.4, 0.5) is 11.4 Å². The van der Waals surface area contributed by atoms with Crippen molar-refractivity contribution in [2.75, 3.05) is 42.9 Å². The van der Waals surface area contributed by atoms with Crippen LogP contribution in [0.5, 0.6) is 0 Å². The smallest absolute Gasteiger partial charge is 0.231 e. The molecule has 0 bridgehead atoms. The molecular formula is C25H40N4O3S. The highest BCUT2D eigenvalue weighted by Crippen LogP contribution is 2.31. The summed E-state index contributed by atoms with van der Waals surface area (Å²) in [6.45, 7) is 5.03. The third-order valence-electron chi connectivity index (χ3n) is 7.44. The molecule has 1 aliphatic heterocycles. The van der Waals surface area contributed by atoms with Crippen LogP contribution in [0, 0.1) is 11.8 Å². The molecule has 3 fully saturated rings. The lowest BCUT2D eigenvalue weighted by atomic mass is 9.84. The van der Waals surface area contributed by atoms with Gasteiger partial charge < -0.3 is 10.2 Å². The van der Waals surface area contributed by atoms with Crippen molar-refractivity contribution >= 4 is 28.5 Å². The zero-order chi connectivity index (χ0) is 23.0. The Labute approximate surface area is 201 Å². The number of hydrogen-bond donors (Lipinski definition) is 3. The Kier molecular flexibility index (Phi) is 9.18. The zero-order valence-corrected chi connectivity index (χ0v) is 20.5. The topological polar surface area (TPSA) is 84.9 Å². The van der Waals surface area contributed by atoms with Gasteiger partial charge in [-0.2, -0.15) is 0 Å². The van der Waals surface area contributed by atoms with Crippen molar-refractivity contribution in [3.05, 3.63) is 24.3 Å². The number of piperazine rings is 1. The molecule has 3 N–H and O–H groups in total. The fraction of sp³-hybridized carbons (Fsp3) is 0.720. The second-order valence-corrected chi connectivity index (χ2v) is 10.8. The molecule has 33 heavy (non-hydrogen) atoms. The zero-order valence-electron chi connectivity index (χ0n) is 19.7. The number of hydrogen-bond acceptors (Lipinski definition) is 4. The van der Waals surface area contributed by atoms with Gasteiger partial charge in [0.15, 0.2) is 0 Å². The van der Waals surface area contributed by atoms with Crippen molar-refractivity contribution in [3.8, 4) is 0 Å². The molecule has 2 saturated carbocycles. The summed E-state index contributed by atoms with van der Waals surface area (Å²) in [7, 11) is 0. The summed E-state index contributed by atoms with van der Waals surface area (Å²) < 4.78 is 23.6. The molecule has 0 aromatic heterocycles. The molecule has 4 rings (SSSR count). The molecule has 3 aliphatic rings. The fourth-order valence-electron chi connectivity index (χ4n) is 5.35. The Morgan fingerprint density at radius 3 is 2.55 bits per heavy atom. The quantitative estimate of drug-likeness (QED) is 0.420. The van der Waals surface area contributed by atoms with Crippen molar-refractivity contribution < 1.29 is 13.6 Å². The molecule has 184 valence electrons. The van der Waals surface area contributed by atoms with Crippen LogP contribution in [0.2, 0.25) is 0 Å². The van der Waals surface area contributed by atoms with Crippen LogP contribution < -0.4 is 14.9 Å². The van der Waals surface area contributed by atoms with Crippen molar-refractivity contribution in [2.45, 2.75) is 70.3 Å². The van der Waals surface area contributed by atoms with E-state index in [-0.39, 0.29) is 17.9 Å². The second kappa shape index (κ2) is 12.3. The molecule has 2 unspecified atom stereocenters. The highest BCUT2D eigenvalue weighted by atomic mass is 32.2. The lowest BCUT2D eigenvalue weighted by Gasteiger charge is -2.36. The molecule has 1 saturated heterocycles. The van der Waals surface area contributed by atoms with E-state index in [0.29, 0.717) is 5.92 Å². The normalized spacial score (nSPS) is 22.2. The predicted molar refractivity (Wildman–Crippen MR) is 135 cm³/mol. The van der Waals surface area contributed by atoms with Gasteiger partial charge in [0.1, 0.15) is 0 Å². The van der Waals surface area contributed by atoms with Gasteiger partial charge in [-0.05, 0) is 62.8 Å².